The van der Waals surface area contributed by atoms with Crippen molar-refractivity contribution >= 4 is 35.6 Å². The molecule has 0 saturated heterocycles. The lowest BCUT2D eigenvalue weighted by Crippen LogP contribution is -2.48. The Morgan fingerprint density at radius 2 is 1.78 bits per heavy atom. The molecule has 1 atom stereocenters. The van der Waals surface area contributed by atoms with E-state index >= 15 is 0 Å². The van der Waals surface area contributed by atoms with Gasteiger partial charge in [0.15, 0.2) is 0 Å². The Morgan fingerprint density at radius 1 is 1.06 bits per heavy atom. The lowest BCUT2D eigenvalue weighted by molar-refractivity contribution is -0.123. The molecule has 36 heavy (non-hydrogen) atoms. The van der Waals surface area contributed by atoms with Crippen molar-refractivity contribution in [3.63, 3.8) is 0 Å². The second-order valence-corrected chi connectivity index (χ2v) is 8.76. The zero-order valence-electron chi connectivity index (χ0n) is 20.3. The van der Waals surface area contributed by atoms with Crippen LogP contribution >= 0.6 is 11.6 Å². The number of hydrogen-bond donors (Lipinski definition) is 2. The van der Waals surface area contributed by atoms with Gasteiger partial charge in [-0.2, -0.15) is 5.10 Å². The quantitative estimate of drug-likeness (QED) is 0.225. The number of nitrogens with one attached hydrogen (secondary N) is 2. The van der Waals surface area contributed by atoms with Crippen LogP contribution in [0.25, 0.3) is 11.3 Å². The molecule has 1 heterocycles. The number of carbonyl (C=O) groups is 3. The molecule has 0 aliphatic carbocycles. The molecule has 1 aromatic heterocycles. The van der Waals surface area contributed by atoms with Crippen LogP contribution in [0.4, 0.5) is 0 Å². The first kappa shape index (κ1) is 26.7. The fourth-order valence-corrected chi connectivity index (χ4v) is 3.43. The molecular formula is C27H28ClN3O5. The molecule has 1 unspecified atom stereocenters. The van der Waals surface area contributed by atoms with E-state index in [-0.39, 0.29) is 5.92 Å². The average molecular weight is 510 g/mol. The standard InChI is InChI=1S/C27H28ClN3O5/c1-4-15-35-27(34)22-8-6-5-7-21(22)23-14-13-20(36-23)16-29-31-26(33)24(17(2)3)30-25(32)18-9-11-19(28)12-10-18/h5-14,16-17,24H,4,15H2,1-3H3,(H,30,32)(H,31,33)/b29-16-. The maximum absolute atomic E-state index is 12.7. The number of rotatable bonds is 10. The molecule has 2 aromatic carbocycles. The smallest absolute Gasteiger partial charge is 0.338 e. The van der Waals surface area contributed by atoms with Crippen molar-refractivity contribution in [2.45, 2.75) is 33.2 Å². The fourth-order valence-electron chi connectivity index (χ4n) is 3.31. The van der Waals surface area contributed by atoms with Crippen molar-refractivity contribution < 1.29 is 23.5 Å². The van der Waals surface area contributed by atoms with Gasteiger partial charge in [0.05, 0.1) is 18.4 Å². The van der Waals surface area contributed by atoms with E-state index in [4.69, 9.17) is 20.8 Å². The molecule has 3 aromatic rings. The number of carbonyl (C=O) groups excluding carboxylic acids is 3. The van der Waals surface area contributed by atoms with Crippen LogP contribution in [-0.2, 0) is 9.53 Å². The molecule has 0 aliphatic heterocycles. The Balaban J connectivity index is 1.65. The number of ether oxygens (including phenoxy) is 1. The monoisotopic (exact) mass is 509 g/mol. The van der Waals surface area contributed by atoms with Crippen molar-refractivity contribution in [3.8, 4) is 11.3 Å². The van der Waals surface area contributed by atoms with Crippen LogP contribution in [0.15, 0.2) is 70.2 Å². The molecule has 2 amide bonds. The average Bonchev–Trinajstić information content (AvgIpc) is 3.34. The molecule has 8 nitrogen and oxygen atoms in total. The van der Waals surface area contributed by atoms with E-state index in [0.29, 0.717) is 39.8 Å². The Morgan fingerprint density at radius 3 is 2.47 bits per heavy atom. The van der Waals surface area contributed by atoms with Crippen molar-refractivity contribution in [2.24, 2.45) is 11.0 Å². The van der Waals surface area contributed by atoms with E-state index in [9.17, 15) is 14.4 Å². The zero-order chi connectivity index (χ0) is 26.1. The number of esters is 1. The Labute approximate surface area is 214 Å². The molecule has 0 spiro atoms. The van der Waals surface area contributed by atoms with E-state index < -0.39 is 23.8 Å². The van der Waals surface area contributed by atoms with Gasteiger partial charge in [-0.1, -0.05) is 50.6 Å². The van der Waals surface area contributed by atoms with Crippen LogP contribution in [0.2, 0.25) is 5.02 Å². The third kappa shape index (κ3) is 7.05. The summed E-state index contributed by atoms with van der Waals surface area (Å²) < 4.78 is 11.0. The number of halogens is 1. The highest BCUT2D eigenvalue weighted by atomic mass is 35.5. The van der Waals surface area contributed by atoms with Crippen LogP contribution in [0.3, 0.4) is 0 Å². The number of hydrogen-bond acceptors (Lipinski definition) is 6. The highest BCUT2D eigenvalue weighted by Crippen LogP contribution is 2.26. The largest absolute Gasteiger partial charge is 0.462 e. The number of furan rings is 1. The van der Waals surface area contributed by atoms with Gasteiger partial charge >= 0.3 is 5.97 Å². The minimum Gasteiger partial charge on any atom is -0.462 e. The fraction of sp³-hybridized carbons (Fsp3) is 0.259. The number of nitrogens with zero attached hydrogens (tertiary/aromatic N) is 1. The molecule has 3 rings (SSSR count). The third-order valence-electron chi connectivity index (χ3n) is 5.19. The lowest BCUT2D eigenvalue weighted by Gasteiger charge is -2.20. The highest BCUT2D eigenvalue weighted by molar-refractivity contribution is 6.30. The van der Waals surface area contributed by atoms with Crippen molar-refractivity contribution in [1.82, 2.24) is 10.7 Å². The molecule has 0 fully saturated rings. The van der Waals surface area contributed by atoms with Crippen molar-refractivity contribution in [3.05, 3.63) is 82.6 Å². The summed E-state index contributed by atoms with van der Waals surface area (Å²) in [6.07, 6.45) is 2.07. The third-order valence-corrected chi connectivity index (χ3v) is 5.44. The molecule has 0 aliphatic rings. The zero-order valence-corrected chi connectivity index (χ0v) is 21.0. The van der Waals surface area contributed by atoms with Gasteiger partial charge in [-0.3, -0.25) is 9.59 Å². The highest BCUT2D eigenvalue weighted by Gasteiger charge is 2.24. The summed E-state index contributed by atoms with van der Waals surface area (Å²) in [7, 11) is 0. The van der Waals surface area contributed by atoms with E-state index in [1.54, 1.807) is 60.7 Å². The predicted octanol–water partition coefficient (Wildman–Crippen LogP) is 5.07. The summed E-state index contributed by atoms with van der Waals surface area (Å²) in [5.74, 6) is -0.645. The SMILES string of the molecule is CCCOC(=O)c1ccccc1-c1ccc(/C=N\NC(=O)C(NC(=O)c2ccc(Cl)cc2)C(C)C)o1. The molecule has 2 N–H and O–H groups in total. The Bertz CT molecular complexity index is 1230. The van der Waals surface area contributed by atoms with Crippen LogP contribution in [0, 0.1) is 5.92 Å². The summed E-state index contributed by atoms with van der Waals surface area (Å²) in [4.78, 5) is 37.6. The van der Waals surface area contributed by atoms with Crippen molar-refractivity contribution in [1.29, 1.82) is 0 Å². The minimum atomic E-state index is -0.807. The van der Waals surface area contributed by atoms with E-state index in [1.807, 2.05) is 20.8 Å². The lowest BCUT2D eigenvalue weighted by atomic mass is 10.0. The van der Waals surface area contributed by atoms with Gasteiger partial charge in [0, 0.05) is 16.1 Å². The number of benzene rings is 2. The van der Waals surface area contributed by atoms with E-state index in [2.05, 4.69) is 15.8 Å². The van der Waals surface area contributed by atoms with E-state index in [0.717, 1.165) is 6.42 Å². The summed E-state index contributed by atoms with van der Waals surface area (Å²) in [6, 6.07) is 15.9. The maximum atomic E-state index is 12.7. The number of hydrazone groups is 1. The molecule has 0 saturated carbocycles. The summed E-state index contributed by atoms with van der Waals surface area (Å²) in [5.41, 5.74) is 3.82. The molecular weight excluding hydrogens is 482 g/mol. The van der Waals surface area contributed by atoms with Gasteiger partial charge in [-0.15, -0.1) is 0 Å². The molecule has 188 valence electrons. The number of amides is 2. The van der Waals surface area contributed by atoms with Gasteiger partial charge in [0.25, 0.3) is 11.8 Å². The minimum absolute atomic E-state index is 0.185. The Hall–Kier alpha value is -3.91. The summed E-state index contributed by atoms with van der Waals surface area (Å²) >= 11 is 5.87. The van der Waals surface area contributed by atoms with Gasteiger partial charge in [0.2, 0.25) is 0 Å². The summed E-state index contributed by atoms with van der Waals surface area (Å²) in [5, 5.41) is 7.20. The molecule has 0 bridgehead atoms. The van der Waals surface area contributed by atoms with Gasteiger partial charge in [-0.25, -0.2) is 10.2 Å². The maximum Gasteiger partial charge on any atom is 0.338 e. The van der Waals surface area contributed by atoms with Crippen LogP contribution in [-0.4, -0.2) is 36.6 Å². The molecule has 9 heteroatoms. The van der Waals surface area contributed by atoms with Gasteiger partial charge < -0.3 is 14.5 Å². The summed E-state index contributed by atoms with van der Waals surface area (Å²) in [6.45, 7) is 5.89. The van der Waals surface area contributed by atoms with Gasteiger partial charge in [-0.05, 0) is 54.8 Å². The first-order chi connectivity index (χ1) is 17.3. The van der Waals surface area contributed by atoms with Crippen LogP contribution < -0.4 is 10.7 Å². The topological polar surface area (TPSA) is 110 Å². The Kier molecular flexibility index (Phi) is 9.41. The predicted molar refractivity (Wildman–Crippen MR) is 138 cm³/mol. The second kappa shape index (κ2) is 12.7. The van der Waals surface area contributed by atoms with Crippen molar-refractivity contribution in [2.75, 3.05) is 6.61 Å². The first-order valence-corrected chi connectivity index (χ1v) is 11.9. The second-order valence-electron chi connectivity index (χ2n) is 8.32. The van der Waals surface area contributed by atoms with Crippen LogP contribution in [0.5, 0.6) is 0 Å². The normalized spacial score (nSPS) is 11.9. The first-order valence-electron chi connectivity index (χ1n) is 11.6. The van der Waals surface area contributed by atoms with E-state index in [1.165, 1.54) is 6.21 Å². The van der Waals surface area contributed by atoms with Gasteiger partial charge in [0.1, 0.15) is 17.6 Å². The molecule has 0 radical (unpaired) electrons. The van der Waals surface area contributed by atoms with Crippen LogP contribution in [0.1, 0.15) is 53.7 Å².